The fraction of sp³-hybridized carbons (Fsp3) is 0.238. The summed E-state index contributed by atoms with van der Waals surface area (Å²) in [7, 11) is 0. The van der Waals surface area contributed by atoms with Gasteiger partial charge in [0.1, 0.15) is 6.04 Å². The third kappa shape index (κ3) is 6.90. The molecule has 168 valence electrons. The van der Waals surface area contributed by atoms with E-state index < -0.39 is 41.3 Å². The summed E-state index contributed by atoms with van der Waals surface area (Å²) in [6.07, 6.45) is 0. The van der Waals surface area contributed by atoms with Gasteiger partial charge in [-0.25, -0.2) is 4.79 Å². The molecular formula is C21H22N4O7. The fourth-order valence-electron chi connectivity index (χ4n) is 2.51. The van der Waals surface area contributed by atoms with Crippen molar-refractivity contribution in [3.05, 3.63) is 75.8 Å². The van der Waals surface area contributed by atoms with Crippen molar-refractivity contribution in [1.82, 2.24) is 16.2 Å². The lowest BCUT2D eigenvalue weighted by Crippen LogP contribution is -2.47. The monoisotopic (exact) mass is 442 g/mol. The number of benzene rings is 2. The van der Waals surface area contributed by atoms with Crippen molar-refractivity contribution in [1.29, 1.82) is 0 Å². The van der Waals surface area contributed by atoms with Crippen LogP contribution in [0, 0.1) is 16.0 Å². The van der Waals surface area contributed by atoms with Crippen molar-refractivity contribution >= 4 is 29.4 Å². The van der Waals surface area contributed by atoms with Crippen LogP contribution in [-0.2, 0) is 14.3 Å². The van der Waals surface area contributed by atoms with Crippen LogP contribution < -0.4 is 16.2 Å². The summed E-state index contributed by atoms with van der Waals surface area (Å²) in [4.78, 5) is 58.5. The molecule has 32 heavy (non-hydrogen) atoms. The van der Waals surface area contributed by atoms with Crippen LogP contribution in [0.15, 0.2) is 54.6 Å². The second-order valence-corrected chi connectivity index (χ2v) is 6.98. The van der Waals surface area contributed by atoms with Gasteiger partial charge in [0.15, 0.2) is 6.61 Å². The third-order valence-electron chi connectivity index (χ3n) is 4.24. The van der Waals surface area contributed by atoms with E-state index in [0.717, 1.165) is 12.1 Å². The van der Waals surface area contributed by atoms with Crippen molar-refractivity contribution in [3.8, 4) is 0 Å². The number of nitro benzene ring substituents is 1. The standard InChI is InChI=1S/C21H22N4O7/c1-13(2)18(22-19(27)14-6-4-3-5-7-14)21(29)32-12-17(26)23-24-20(28)15-8-10-16(11-9-15)25(30)31/h3-11,13,18H,12H2,1-2H3,(H,22,27)(H,23,26)(H,24,28)/t18-/m1/s1. The summed E-state index contributed by atoms with van der Waals surface area (Å²) in [6, 6.07) is 12.1. The lowest BCUT2D eigenvalue weighted by molar-refractivity contribution is -0.384. The molecule has 0 saturated heterocycles. The maximum Gasteiger partial charge on any atom is 0.329 e. The minimum atomic E-state index is -0.981. The summed E-state index contributed by atoms with van der Waals surface area (Å²) in [5, 5.41) is 13.2. The number of esters is 1. The van der Waals surface area contributed by atoms with Crippen molar-refractivity contribution in [2.45, 2.75) is 19.9 Å². The van der Waals surface area contributed by atoms with Crippen LogP contribution in [0.5, 0.6) is 0 Å². The molecular weight excluding hydrogens is 420 g/mol. The van der Waals surface area contributed by atoms with Crippen molar-refractivity contribution in [2.75, 3.05) is 6.61 Å². The molecule has 0 bridgehead atoms. The highest BCUT2D eigenvalue weighted by Gasteiger charge is 2.26. The summed E-state index contributed by atoms with van der Waals surface area (Å²) in [5.74, 6) is -3.09. The van der Waals surface area contributed by atoms with Gasteiger partial charge in [-0.2, -0.15) is 0 Å². The van der Waals surface area contributed by atoms with E-state index in [9.17, 15) is 29.3 Å². The van der Waals surface area contributed by atoms with Gasteiger partial charge < -0.3 is 10.1 Å². The molecule has 0 radical (unpaired) electrons. The predicted octanol–water partition coefficient (Wildman–Crippen LogP) is 1.35. The number of hydrogen-bond donors (Lipinski definition) is 3. The number of amides is 3. The van der Waals surface area contributed by atoms with E-state index in [1.165, 1.54) is 12.1 Å². The van der Waals surface area contributed by atoms with E-state index in [4.69, 9.17) is 4.74 Å². The number of rotatable bonds is 8. The van der Waals surface area contributed by atoms with Crippen LogP contribution >= 0.6 is 0 Å². The zero-order chi connectivity index (χ0) is 23.7. The molecule has 2 aromatic carbocycles. The number of nitrogens with one attached hydrogen (secondary N) is 3. The second-order valence-electron chi connectivity index (χ2n) is 6.98. The van der Waals surface area contributed by atoms with E-state index in [2.05, 4.69) is 16.2 Å². The summed E-state index contributed by atoms with van der Waals surface area (Å²) in [5.41, 5.74) is 4.45. The van der Waals surface area contributed by atoms with Gasteiger partial charge in [-0.15, -0.1) is 0 Å². The molecule has 0 spiro atoms. The van der Waals surface area contributed by atoms with E-state index in [0.29, 0.717) is 5.56 Å². The Hall–Kier alpha value is -4.28. The van der Waals surface area contributed by atoms with Crippen molar-refractivity contribution < 1.29 is 28.8 Å². The Labute approximate surface area is 183 Å². The third-order valence-corrected chi connectivity index (χ3v) is 4.24. The molecule has 11 nitrogen and oxygen atoms in total. The Bertz CT molecular complexity index is 991. The van der Waals surface area contributed by atoms with Crippen LogP contribution in [0.3, 0.4) is 0 Å². The molecule has 0 saturated carbocycles. The van der Waals surface area contributed by atoms with Crippen molar-refractivity contribution in [3.63, 3.8) is 0 Å². The van der Waals surface area contributed by atoms with Crippen molar-refractivity contribution in [2.24, 2.45) is 5.92 Å². The number of non-ortho nitro benzene ring substituents is 1. The molecule has 0 aliphatic heterocycles. The maximum absolute atomic E-state index is 12.3. The molecule has 0 aromatic heterocycles. The predicted molar refractivity (Wildman–Crippen MR) is 112 cm³/mol. The summed E-state index contributed by atoms with van der Waals surface area (Å²) >= 11 is 0. The van der Waals surface area contributed by atoms with Gasteiger partial charge in [0.25, 0.3) is 23.4 Å². The zero-order valence-corrected chi connectivity index (χ0v) is 17.4. The first-order valence-electron chi connectivity index (χ1n) is 9.55. The number of carbonyl (C=O) groups excluding carboxylic acids is 4. The Morgan fingerprint density at radius 3 is 2.06 bits per heavy atom. The van der Waals surface area contributed by atoms with E-state index in [1.54, 1.807) is 44.2 Å². The highest BCUT2D eigenvalue weighted by Crippen LogP contribution is 2.11. The smallest absolute Gasteiger partial charge is 0.329 e. The molecule has 0 aliphatic rings. The highest BCUT2D eigenvalue weighted by atomic mass is 16.6. The number of nitro groups is 1. The fourth-order valence-corrected chi connectivity index (χ4v) is 2.51. The van der Waals surface area contributed by atoms with Crippen LogP contribution in [0.1, 0.15) is 34.6 Å². The first-order valence-corrected chi connectivity index (χ1v) is 9.55. The average molecular weight is 442 g/mol. The number of hydrogen-bond acceptors (Lipinski definition) is 7. The Kier molecular flexibility index (Phi) is 8.40. The Morgan fingerprint density at radius 2 is 1.50 bits per heavy atom. The number of carbonyl (C=O) groups is 4. The van der Waals surface area contributed by atoms with Gasteiger partial charge in [-0.3, -0.25) is 35.3 Å². The van der Waals surface area contributed by atoms with E-state index in [1.807, 2.05) is 0 Å². The first-order chi connectivity index (χ1) is 15.2. The molecule has 2 rings (SSSR count). The van der Waals surface area contributed by atoms with Gasteiger partial charge in [-0.1, -0.05) is 32.0 Å². The molecule has 0 heterocycles. The van der Waals surface area contributed by atoms with Crippen LogP contribution in [0.4, 0.5) is 5.69 Å². The summed E-state index contributed by atoms with van der Waals surface area (Å²) in [6.45, 7) is 2.73. The topological polar surface area (TPSA) is 157 Å². The van der Waals surface area contributed by atoms with Gasteiger partial charge >= 0.3 is 5.97 Å². The number of ether oxygens (including phenoxy) is 1. The lowest BCUT2D eigenvalue weighted by atomic mass is 10.0. The number of hydrazine groups is 1. The van der Waals surface area contributed by atoms with Crippen LogP contribution in [0.25, 0.3) is 0 Å². The number of nitrogens with zero attached hydrogens (tertiary/aromatic N) is 1. The summed E-state index contributed by atoms with van der Waals surface area (Å²) < 4.78 is 4.95. The minimum Gasteiger partial charge on any atom is -0.454 e. The van der Waals surface area contributed by atoms with E-state index >= 15 is 0 Å². The molecule has 2 aromatic rings. The highest BCUT2D eigenvalue weighted by molar-refractivity contribution is 5.97. The van der Waals surface area contributed by atoms with Gasteiger partial charge in [0.05, 0.1) is 4.92 Å². The average Bonchev–Trinajstić information content (AvgIpc) is 2.79. The van der Waals surface area contributed by atoms with Crippen LogP contribution in [-0.4, -0.2) is 41.3 Å². The van der Waals surface area contributed by atoms with Gasteiger partial charge in [0, 0.05) is 23.3 Å². The van der Waals surface area contributed by atoms with Gasteiger partial charge in [-0.05, 0) is 30.2 Å². The molecule has 3 N–H and O–H groups in total. The van der Waals surface area contributed by atoms with Gasteiger partial charge in [0.2, 0.25) is 0 Å². The normalized spacial score (nSPS) is 11.2. The molecule has 1 atom stereocenters. The minimum absolute atomic E-state index is 0.0800. The van der Waals surface area contributed by atoms with Crippen LogP contribution in [0.2, 0.25) is 0 Å². The quantitative estimate of drug-likeness (QED) is 0.316. The SMILES string of the molecule is CC(C)[C@@H](NC(=O)c1ccccc1)C(=O)OCC(=O)NNC(=O)c1ccc([N+](=O)[O-])cc1. The second kappa shape index (κ2) is 11.2. The van der Waals surface area contributed by atoms with E-state index in [-0.39, 0.29) is 17.2 Å². The molecule has 0 unspecified atom stereocenters. The zero-order valence-electron chi connectivity index (χ0n) is 17.4. The Balaban J connectivity index is 1.83. The largest absolute Gasteiger partial charge is 0.454 e. The first kappa shape index (κ1) is 24.0. The molecule has 0 fully saturated rings. The lowest BCUT2D eigenvalue weighted by Gasteiger charge is -2.20. The maximum atomic E-state index is 12.3. The Morgan fingerprint density at radius 1 is 0.906 bits per heavy atom. The molecule has 11 heteroatoms. The molecule has 3 amide bonds. The molecule has 0 aliphatic carbocycles.